The predicted molar refractivity (Wildman–Crippen MR) is 80.3 cm³/mol. The van der Waals surface area contributed by atoms with Crippen LogP contribution in [0.3, 0.4) is 0 Å². The van der Waals surface area contributed by atoms with Gasteiger partial charge in [0.2, 0.25) is 5.91 Å². The van der Waals surface area contributed by atoms with Crippen molar-refractivity contribution in [2.45, 2.75) is 50.6 Å². The number of hydrogen-bond donors (Lipinski definition) is 0. The summed E-state index contributed by atoms with van der Waals surface area (Å²) < 4.78 is 46.7. The molecule has 132 valence electrons. The van der Waals surface area contributed by atoms with E-state index < -0.39 is 6.36 Å². The summed E-state index contributed by atoms with van der Waals surface area (Å²) in [7, 11) is 0. The Hall–Kier alpha value is -1.76. The first-order valence-electron chi connectivity index (χ1n) is 8.12. The Labute approximate surface area is 138 Å². The standard InChI is InChI=1S/C17H20F3NO3/c18-17(19,20)24-14-4-1-3-13(11-14)12-21-9-8-16(6-2-10-23-16)7-5-15(21)22/h1,3-4,11H,2,5-10,12H2/t16-/m0/s1. The van der Waals surface area contributed by atoms with Crippen molar-refractivity contribution in [3.63, 3.8) is 0 Å². The lowest BCUT2D eigenvalue weighted by Gasteiger charge is -2.26. The van der Waals surface area contributed by atoms with E-state index in [0.717, 1.165) is 32.3 Å². The van der Waals surface area contributed by atoms with Crippen LogP contribution in [0.1, 0.15) is 37.7 Å². The lowest BCUT2D eigenvalue weighted by atomic mass is 9.92. The molecule has 1 spiro atoms. The molecule has 2 aliphatic heterocycles. The number of nitrogens with zero attached hydrogens (tertiary/aromatic N) is 1. The minimum Gasteiger partial charge on any atom is -0.406 e. The molecule has 2 aliphatic rings. The van der Waals surface area contributed by atoms with Crippen molar-refractivity contribution in [1.29, 1.82) is 0 Å². The number of ether oxygens (including phenoxy) is 2. The topological polar surface area (TPSA) is 38.8 Å². The van der Waals surface area contributed by atoms with Gasteiger partial charge >= 0.3 is 6.36 Å². The highest BCUT2D eigenvalue weighted by Gasteiger charge is 2.38. The number of carbonyl (C=O) groups is 1. The molecule has 24 heavy (non-hydrogen) atoms. The van der Waals surface area contributed by atoms with E-state index >= 15 is 0 Å². The molecular formula is C17H20F3NO3. The van der Waals surface area contributed by atoms with Crippen molar-refractivity contribution >= 4 is 5.91 Å². The fourth-order valence-electron chi connectivity index (χ4n) is 3.46. The van der Waals surface area contributed by atoms with Gasteiger partial charge in [0.15, 0.2) is 0 Å². The molecule has 0 bridgehead atoms. The van der Waals surface area contributed by atoms with Gasteiger partial charge in [0.05, 0.1) is 5.60 Å². The molecule has 0 radical (unpaired) electrons. The first-order valence-corrected chi connectivity index (χ1v) is 8.12. The van der Waals surface area contributed by atoms with Gasteiger partial charge in [0.25, 0.3) is 0 Å². The number of likely N-dealkylation sites (tertiary alicyclic amines) is 1. The van der Waals surface area contributed by atoms with Crippen molar-refractivity contribution in [2.75, 3.05) is 13.2 Å². The Balaban J connectivity index is 1.66. The minimum absolute atomic E-state index is 0.0181. The van der Waals surface area contributed by atoms with Crippen LogP contribution in [0.25, 0.3) is 0 Å². The Morgan fingerprint density at radius 1 is 1.25 bits per heavy atom. The molecule has 2 saturated heterocycles. The molecule has 1 aromatic carbocycles. The fraction of sp³-hybridized carbons (Fsp3) is 0.588. The number of amides is 1. The van der Waals surface area contributed by atoms with Crippen LogP contribution in [0.2, 0.25) is 0 Å². The monoisotopic (exact) mass is 343 g/mol. The normalized spacial score (nSPS) is 25.1. The molecule has 0 saturated carbocycles. The number of hydrogen-bond acceptors (Lipinski definition) is 3. The summed E-state index contributed by atoms with van der Waals surface area (Å²) in [5.74, 6) is -0.248. The van der Waals surface area contributed by atoms with Gasteiger partial charge in [0, 0.05) is 26.1 Å². The Morgan fingerprint density at radius 3 is 2.79 bits per heavy atom. The molecular weight excluding hydrogens is 323 g/mol. The smallest absolute Gasteiger partial charge is 0.406 e. The molecule has 1 amide bonds. The molecule has 1 aromatic rings. The van der Waals surface area contributed by atoms with Gasteiger partial charge in [-0.2, -0.15) is 0 Å². The molecule has 2 heterocycles. The van der Waals surface area contributed by atoms with Crippen molar-refractivity contribution in [1.82, 2.24) is 4.90 Å². The van der Waals surface area contributed by atoms with Crippen LogP contribution in [0.4, 0.5) is 13.2 Å². The number of carbonyl (C=O) groups excluding carboxylic acids is 1. The van der Waals surface area contributed by atoms with E-state index in [9.17, 15) is 18.0 Å². The molecule has 2 fully saturated rings. The van der Waals surface area contributed by atoms with Crippen LogP contribution in [-0.4, -0.2) is 35.9 Å². The third-order valence-electron chi connectivity index (χ3n) is 4.67. The highest BCUT2D eigenvalue weighted by molar-refractivity contribution is 5.76. The second-order valence-corrected chi connectivity index (χ2v) is 6.40. The zero-order valence-corrected chi connectivity index (χ0v) is 13.3. The lowest BCUT2D eigenvalue weighted by Crippen LogP contribution is -2.32. The van der Waals surface area contributed by atoms with Gasteiger partial charge in [-0.25, -0.2) is 0 Å². The number of halogens is 3. The molecule has 0 N–H and O–H groups in total. The van der Waals surface area contributed by atoms with E-state index in [4.69, 9.17) is 4.74 Å². The quantitative estimate of drug-likeness (QED) is 0.841. The van der Waals surface area contributed by atoms with Gasteiger partial charge in [-0.15, -0.1) is 13.2 Å². The third-order valence-corrected chi connectivity index (χ3v) is 4.67. The van der Waals surface area contributed by atoms with Crippen molar-refractivity contribution < 1.29 is 27.4 Å². The fourth-order valence-corrected chi connectivity index (χ4v) is 3.46. The number of rotatable bonds is 3. The number of alkyl halides is 3. The molecule has 7 heteroatoms. The average Bonchev–Trinajstić information content (AvgIpc) is 2.91. The van der Waals surface area contributed by atoms with Gasteiger partial charge in [-0.05, 0) is 43.4 Å². The van der Waals surface area contributed by atoms with Crippen LogP contribution in [-0.2, 0) is 16.1 Å². The van der Waals surface area contributed by atoms with Crippen molar-refractivity contribution in [3.05, 3.63) is 29.8 Å². The van der Waals surface area contributed by atoms with Crippen LogP contribution >= 0.6 is 0 Å². The van der Waals surface area contributed by atoms with Crippen molar-refractivity contribution in [3.8, 4) is 5.75 Å². The Kier molecular flexibility index (Phi) is 4.71. The second-order valence-electron chi connectivity index (χ2n) is 6.40. The zero-order valence-electron chi connectivity index (χ0n) is 13.3. The largest absolute Gasteiger partial charge is 0.573 e. The Morgan fingerprint density at radius 2 is 2.08 bits per heavy atom. The molecule has 4 nitrogen and oxygen atoms in total. The number of benzene rings is 1. The van der Waals surface area contributed by atoms with Crippen LogP contribution in [0.15, 0.2) is 24.3 Å². The molecule has 0 aliphatic carbocycles. The highest BCUT2D eigenvalue weighted by atomic mass is 19.4. The second kappa shape index (κ2) is 6.63. The molecule has 1 atom stereocenters. The van der Waals surface area contributed by atoms with Crippen molar-refractivity contribution in [2.24, 2.45) is 0 Å². The van der Waals surface area contributed by atoms with E-state index in [1.165, 1.54) is 18.2 Å². The summed E-state index contributed by atoms with van der Waals surface area (Å²) in [4.78, 5) is 14.0. The average molecular weight is 343 g/mol. The van der Waals surface area contributed by atoms with Crippen LogP contribution in [0, 0.1) is 0 Å². The lowest BCUT2D eigenvalue weighted by molar-refractivity contribution is -0.274. The van der Waals surface area contributed by atoms with Gasteiger partial charge in [0.1, 0.15) is 5.75 Å². The van der Waals surface area contributed by atoms with Gasteiger partial charge < -0.3 is 14.4 Å². The van der Waals surface area contributed by atoms with E-state index in [1.54, 1.807) is 11.0 Å². The first kappa shape index (κ1) is 17.1. The van der Waals surface area contributed by atoms with E-state index in [0.29, 0.717) is 18.5 Å². The first-order chi connectivity index (χ1) is 11.4. The summed E-state index contributed by atoms with van der Waals surface area (Å²) >= 11 is 0. The zero-order chi connectivity index (χ0) is 17.2. The summed E-state index contributed by atoms with van der Waals surface area (Å²) in [6, 6.07) is 5.78. The highest BCUT2D eigenvalue weighted by Crippen LogP contribution is 2.36. The summed E-state index contributed by atoms with van der Waals surface area (Å²) in [6.07, 6.45) is -0.812. The van der Waals surface area contributed by atoms with Gasteiger partial charge in [-0.1, -0.05) is 12.1 Å². The Bertz CT molecular complexity index is 597. The molecule has 3 rings (SSSR count). The third kappa shape index (κ3) is 4.20. The summed E-state index contributed by atoms with van der Waals surface area (Å²) in [6.45, 7) is 1.58. The summed E-state index contributed by atoms with van der Waals surface area (Å²) in [5.41, 5.74) is 0.430. The van der Waals surface area contributed by atoms with E-state index in [-0.39, 0.29) is 23.8 Å². The molecule has 0 unspecified atom stereocenters. The predicted octanol–water partition coefficient (Wildman–Crippen LogP) is 3.65. The SMILES string of the molecule is O=C1CC[C@@]2(CCCO2)CCN1Cc1cccc(OC(F)(F)F)c1. The maximum atomic E-state index is 12.3. The van der Waals surface area contributed by atoms with Crippen LogP contribution < -0.4 is 4.74 Å². The summed E-state index contributed by atoms with van der Waals surface area (Å²) in [5, 5.41) is 0. The maximum Gasteiger partial charge on any atom is 0.573 e. The van der Waals surface area contributed by atoms with Gasteiger partial charge in [-0.3, -0.25) is 4.79 Å². The minimum atomic E-state index is -4.72. The maximum absolute atomic E-state index is 12.3. The van der Waals surface area contributed by atoms with E-state index in [1.807, 2.05) is 0 Å². The molecule has 0 aromatic heterocycles. The van der Waals surface area contributed by atoms with Crippen LogP contribution in [0.5, 0.6) is 5.75 Å². The van der Waals surface area contributed by atoms with E-state index in [2.05, 4.69) is 4.74 Å².